The summed E-state index contributed by atoms with van der Waals surface area (Å²) in [6.45, 7) is 23.9. The van der Waals surface area contributed by atoms with Gasteiger partial charge in [-0.2, -0.15) is 0 Å². The Labute approximate surface area is 293 Å². The van der Waals surface area contributed by atoms with E-state index in [4.69, 9.17) is 42.3 Å². The molecule has 1 aliphatic heterocycles. The number of methoxy groups -OCH3 is 2. The van der Waals surface area contributed by atoms with E-state index in [1.165, 1.54) is 0 Å². The van der Waals surface area contributed by atoms with Crippen LogP contribution in [0.25, 0.3) is 0 Å². The minimum atomic E-state index is -2.01. The highest BCUT2D eigenvalue weighted by Crippen LogP contribution is 2.37. The van der Waals surface area contributed by atoms with Crippen molar-refractivity contribution >= 4 is 8.32 Å². The van der Waals surface area contributed by atoms with Gasteiger partial charge in [0, 0.05) is 33.2 Å². The van der Waals surface area contributed by atoms with Gasteiger partial charge in [-0.05, 0) is 89.7 Å². The van der Waals surface area contributed by atoms with E-state index in [0.29, 0.717) is 39.3 Å². The van der Waals surface area contributed by atoms with Crippen LogP contribution in [-0.2, 0) is 44.2 Å². The average molecular weight is 697 g/mol. The zero-order valence-electron chi connectivity index (χ0n) is 32.2. The summed E-state index contributed by atoms with van der Waals surface area (Å²) in [5, 5.41) is 0.0834. The van der Waals surface area contributed by atoms with E-state index in [-0.39, 0.29) is 48.6 Å². The van der Waals surface area contributed by atoms with Crippen LogP contribution in [0.15, 0.2) is 36.4 Å². The first-order valence-electron chi connectivity index (χ1n) is 17.8. The Morgan fingerprint density at radius 1 is 0.979 bits per heavy atom. The lowest BCUT2D eigenvalue weighted by molar-refractivity contribution is -0.182. The predicted molar refractivity (Wildman–Crippen MR) is 194 cm³/mol. The third kappa shape index (κ3) is 15.7. The molecule has 1 fully saturated rings. The van der Waals surface area contributed by atoms with Crippen molar-refractivity contribution in [3.8, 4) is 5.75 Å². The molecule has 5 atom stereocenters. The minimum absolute atomic E-state index is 0.0306. The highest BCUT2D eigenvalue weighted by molar-refractivity contribution is 6.74. The SMILES string of the molecule is COCOC(CO[Si](C)(C)C(C)(C)C)C[C@@H](OC(C)C)[C@@](C)(/C=C/C(CCOCc1ccc(OC)cc1)OC1CCCCO1)OC(C)C. The van der Waals surface area contributed by atoms with E-state index < -0.39 is 13.9 Å². The first kappa shape index (κ1) is 42.8. The summed E-state index contributed by atoms with van der Waals surface area (Å²) in [5.74, 6) is 0.830. The van der Waals surface area contributed by atoms with Crippen LogP contribution < -0.4 is 4.74 Å². The van der Waals surface area contributed by atoms with Crippen molar-refractivity contribution in [2.75, 3.05) is 40.8 Å². The fraction of sp³-hybridized carbons (Fsp3) is 0.789. The number of rotatable bonds is 23. The van der Waals surface area contributed by atoms with Gasteiger partial charge in [-0.25, -0.2) is 0 Å². The zero-order valence-corrected chi connectivity index (χ0v) is 33.2. The Balaban J connectivity index is 2.29. The van der Waals surface area contributed by atoms with Crippen LogP contribution in [-0.4, -0.2) is 91.6 Å². The fourth-order valence-corrected chi connectivity index (χ4v) is 6.26. The topological polar surface area (TPSA) is 83.1 Å². The van der Waals surface area contributed by atoms with Gasteiger partial charge >= 0.3 is 0 Å². The van der Waals surface area contributed by atoms with E-state index in [2.05, 4.69) is 80.6 Å². The molecule has 2 rings (SSSR count). The largest absolute Gasteiger partial charge is 0.497 e. The maximum absolute atomic E-state index is 6.69. The molecule has 0 amide bonds. The Hall–Kier alpha value is -1.34. The lowest BCUT2D eigenvalue weighted by Gasteiger charge is -2.41. The first-order chi connectivity index (χ1) is 22.6. The number of hydrogen-bond acceptors (Lipinski definition) is 9. The Bertz CT molecular complexity index is 1020. The smallest absolute Gasteiger partial charge is 0.192 e. The third-order valence-corrected chi connectivity index (χ3v) is 13.5. The van der Waals surface area contributed by atoms with Crippen molar-refractivity contribution in [3.63, 3.8) is 0 Å². The van der Waals surface area contributed by atoms with E-state index in [1.54, 1.807) is 14.2 Å². The van der Waals surface area contributed by atoms with Crippen LogP contribution in [0.3, 0.4) is 0 Å². The summed E-state index contributed by atoms with van der Waals surface area (Å²) in [4.78, 5) is 0. The van der Waals surface area contributed by atoms with E-state index in [9.17, 15) is 0 Å². The molecule has 0 radical (unpaired) electrons. The summed E-state index contributed by atoms with van der Waals surface area (Å²) in [6.07, 6.45) is 7.33. The lowest BCUT2D eigenvalue weighted by Crippen LogP contribution is -2.49. The standard InChI is InChI=1S/C38H68O9Si/c1-29(2)45-35(25-34(43-28-39-9)27-44-48(11,12)37(5,6)7)38(8,47-30(3)4)22-20-33(46-36-15-13-14-23-42-36)21-24-41-26-31-16-18-32(40-10)19-17-31/h16-20,22,29-30,33-36H,13-15,21,23-28H2,1-12H3/b22-20+/t33?,34?,35-,36?,38-/m1/s1. The molecule has 0 N–H and O–H groups in total. The summed E-state index contributed by atoms with van der Waals surface area (Å²) < 4.78 is 55.3. The maximum Gasteiger partial charge on any atom is 0.192 e. The van der Waals surface area contributed by atoms with Crippen molar-refractivity contribution in [2.24, 2.45) is 0 Å². The third-order valence-electron chi connectivity index (χ3n) is 8.98. The zero-order chi connectivity index (χ0) is 35.8. The summed E-state index contributed by atoms with van der Waals surface area (Å²) in [6, 6.07) is 7.94. The second kappa shape index (κ2) is 21.1. The molecule has 0 aromatic heterocycles. The molecule has 1 aromatic carbocycles. The average Bonchev–Trinajstić information content (AvgIpc) is 3.02. The van der Waals surface area contributed by atoms with Gasteiger partial charge in [0.25, 0.3) is 0 Å². The Morgan fingerprint density at radius 3 is 2.25 bits per heavy atom. The maximum atomic E-state index is 6.69. The molecule has 1 saturated heterocycles. The second-order valence-electron chi connectivity index (χ2n) is 15.0. The molecule has 0 saturated carbocycles. The van der Waals surface area contributed by atoms with Crippen molar-refractivity contribution in [3.05, 3.63) is 42.0 Å². The van der Waals surface area contributed by atoms with Gasteiger partial charge in [-0.3, -0.25) is 0 Å². The Morgan fingerprint density at radius 2 is 1.69 bits per heavy atom. The van der Waals surface area contributed by atoms with Crippen LogP contribution in [0, 0.1) is 0 Å². The van der Waals surface area contributed by atoms with Crippen molar-refractivity contribution in [1.29, 1.82) is 0 Å². The van der Waals surface area contributed by atoms with Crippen molar-refractivity contribution < 1.29 is 42.3 Å². The molecule has 1 heterocycles. The summed E-state index contributed by atoms with van der Waals surface area (Å²) in [7, 11) is 1.30. The summed E-state index contributed by atoms with van der Waals surface area (Å²) in [5.41, 5.74) is 0.303. The van der Waals surface area contributed by atoms with Gasteiger partial charge in [0.15, 0.2) is 14.6 Å². The molecule has 0 aliphatic carbocycles. The molecule has 10 heteroatoms. The molecule has 1 aromatic rings. The quantitative estimate of drug-likeness (QED) is 0.0485. The molecule has 1 aliphatic rings. The van der Waals surface area contributed by atoms with Gasteiger partial charge in [0.05, 0.1) is 50.8 Å². The van der Waals surface area contributed by atoms with E-state index >= 15 is 0 Å². The highest BCUT2D eigenvalue weighted by atomic mass is 28.4. The first-order valence-corrected chi connectivity index (χ1v) is 20.7. The number of benzene rings is 1. The van der Waals surface area contributed by atoms with Crippen LogP contribution in [0.2, 0.25) is 18.1 Å². The number of ether oxygens (including phenoxy) is 8. The minimum Gasteiger partial charge on any atom is -0.497 e. The lowest BCUT2D eigenvalue weighted by atomic mass is 9.91. The van der Waals surface area contributed by atoms with Crippen LogP contribution in [0.5, 0.6) is 5.75 Å². The van der Waals surface area contributed by atoms with Gasteiger partial charge in [0.2, 0.25) is 0 Å². The van der Waals surface area contributed by atoms with Gasteiger partial charge in [0.1, 0.15) is 18.1 Å². The van der Waals surface area contributed by atoms with Crippen LogP contribution in [0.4, 0.5) is 0 Å². The van der Waals surface area contributed by atoms with E-state index in [1.807, 2.05) is 24.3 Å². The van der Waals surface area contributed by atoms with Crippen LogP contribution in [0.1, 0.15) is 93.1 Å². The summed E-state index contributed by atoms with van der Waals surface area (Å²) >= 11 is 0. The molecular weight excluding hydrogens is 628 g/mol. The second-order valence-corrected chi connectivity index (χ2v) is 19.9. The van der Waals surface area contributed by atoms with Gasteiger partial charge < -0.3 is 42.3 Å². The molecule has 3 unspecified atom stereocenters. The predicted octanol–water partition coefficient (Wildman–Crippen LogP) is 8.45. The molecule has 0 spiro atoms. The van der Waals surface area contributed by atoms with Gasteiger partial charge in [-0.15, -0.1) is 0 Å². The highest BCUT2D eigenvalue weighted by Gasteiger charge is 2.41. The monoisotopic (exact) mass is 696 g/mol. The normalized spacial score (nSPS) is 19.5. The molecule has 9 nitrogen and oxygen atoms in total. The number of hydrogen-bond donors (Lipinski definition) is 0. The molecular formula is C38H68O9Si. The van der Waals surface area contributed by atoms with Crippen molar-refractivity contribution in [2.45, 2.75) is 155 Å². The fourth-order valence-electron chi connectivity index (χ4n) is 5.22. The molecule has 278 valence electrons. The van der Waals surface area contributed by atoms with Crippen LogP contribution >= 0.6 is 0 Å². The van der Waals surface area contributed by atoms with Gasteiger partial charge in [-0.1, -0.05) is 45.1 Å². The van der Waals surface area contributed by atoms with Crippen molar-refractivity contribution in [1.82, 2.24) is 0 Å². The Kier molecular flexibility index (Phi) is 18.8. The van der Waals surface area contributed by atoms with E-state index in [0.717, 1.165) is 30.6 Å². The molecule has 48 heavy (non-hydrogen) atoms. The molecule has 0 bridgehead atoms.